The lowest BCUT2D eigenvalue weighted by Crippen LogP contribution is -2.02. The van der Waals surface area contributed by atoms with Gasteiger partial charge in [-0.1, -0.05) is 30.3 Å². The van der Waals surface area contributed by atoms with Crippen LogP contribution in [-0.2, 0) is 6.54 Å². The Morgan fingerprint density at radius 1 is 1.17 bits per heavy atom. The van der Waals surface area contributed by atoms with Gasteiger partial charge in [0.25, 0.3) is 0 Å². The fraction of sp³-hybridized carbons (Fsp3) is 0.200. The maximum absolute atomic E-state index is 9.40. The van der Waals surface area contributed by atoms with Crippen molar-refractivity contribution in [3.05, 3.63) is 59.7 Å². The molecule has 0 saturated heterocycles. The molecular formula is C15H16ClNO. The van der Waals surface area contributed by atoms with Crippen molar-refractivity contribution in [2.45, 2.75) is 18.8 Å². The van der Waals surface area contributed by atoms with Crippen LogP contribution in [0.3, 0.4) is 0 Å². The normalized spacial score (nSPS) is 12.1. The molecule has 0 aliphatic carbocycles. The van der Waals surface area contributed by atoms with Crippen LogP contribution in [0.1, 0.15) is 23.4 Å². The Morgan fingerprint density at radius 2 is 1.94 bits per heavy atom. The van der Waals surface area contributed by atoms with Crippen LogP contribution in [0.2, 0.25) is 0 Å². The molecule has 0 aliphatic heterocycles. The first-order chi connectivity index (χ1) is 8.66. The van der Waals surface area contributed by atoms with Crippen LogP contribution in [0.25, 0.3) is 0 Å². The van der Waals surface area contributed by atoms with Gasteiger partial charge >= 0.3 is 0 Å². The van der Waals surface area contributed by atoms with Crippen molar-refractivity contribution in [1.82, 2.24) is 0 Å². The van der Waals surface area contributed by atoms with E-state index in [1.54, 1.807) is 12.1 Å². The van der Waals surface area contributed by atoms with Gasteiger partial charge in [-0.25, -0.2) is 0 Å². The number of nitrogens with one attached hydrogen (secondary N) is 1. The van der Waals surface area contributed by atoms with Gasteiger partial charge in [-0.3, -0.25) is 0 Å². The Balaban J connectivity index is 2.11. The van der Waals surface area contributed by atoms with Gasteiger partial charge in [-0.05, 0) is 36.2 Å². The monoisotopic (exact) mass is 261 g/mol. The lowest BCUT2D eigenvalue weighted by atomic mass is 10.1. The molecule has 2 aromatic carbocycles. The molecule has 0 aliphatic rings. The van der Waals surface area contributed by atoms with Crippen molar-refractivity contribution in [2.75, 3.05) is 5.32 Å². The van der Waals surface area contributed by atoms with E-state index in [4.69, 9.17) is 11.6 Å². The van der Waals surface area contributed by atoms with Crippen LogP contribution in [-0.4, -0.2) is 5.11 Å². The van der Waals surface area contributed by atoms with E-state index in [0.717, 1.165) is 16.8 Å². The molecule has 0 saturated carbocycles. The zero-order valence-electron chi connectivity index (χ0n) is 10.2. The highest BCUT2D eigenvalue weighted by molar-refractivity contribution is 6.21. The molecule has 1 atom stereocenters. The Morgan fingerprint density at radius 3 is 2.67 bits per heavy atom. The zero-order chi connectivity index (χ0) is 13.0. The van der Waals surface area contributed by atoms with Crippen LogP contribution in [0.15, 0.2) is 48.5 Å². The summed E-state index contributed by atoms with van der Waals surface area (Å²) in [7, 11) is 0. The van der Waals surface area contributed by atoms with E-state index in [9.17, 15) is 5.11 Å². The lowest BCUT2D eigenvalue weighted by molar-refractivity contribution is 0.474. The van der Waals surface area contributed by atoms with E-state index in [-0.39, 0.29) is 11.1 Å². The van der Waals surface area contributed by atoms with Gasteiger partial charge in [-0.15, -0.1) is 11.6 Å². The highest BCUT2D eigenvalue weighted by atomic mass is 35.5. The third-order valence-electron chi connectivity index (χ3n) is 2.78. The highest BCUT2D eigenvalue weighted by Gasteiger charge is 2.06. The van der Waals surface area contributed by atoms with Gasteiger partial charge in [0, 0.05) is 12.2 Å². The Bertz CT molecular complexity index is 525. The maximum Gasteiger partial charge on any atom is 0.115 e. The summed E-state index contributed by atoms with van der Waals surface area (Å²) in [5.74, 6) is 0.285. The second-order valence-corrected chi connectivity index (χ2v) is 4.88. The van der Waals surface area contributed by atoms with E-state index >= 15 is 0 Å². The van der Waals surface area contributed by atoms with Crippen molar-refractivity contribution >= 4 is 17.3 Å². The van der Waals surface area contributed by atoms with E-state index in [0.29, 0.717) is 6.54 Å². The summed E-state index contributed by atoms with van der Waals surface area (Å²) in [4.78, 5) is 0. The van der Waals surface area contributed by atoms with Crippen molar-refractivity contribution in [2.24, 2.45) is 0 Å². The average Bonchev–Trinajstić information content (AvgIpc) is 2.37. The molecule has 94 valence electrons. The van der Waals surface area contributed by atoms with Crippen molar-refractivity contribution in [3.63, 3.8) is 0 Å². The molecule has 0 radical (unpaired) electrons. The predicted molar refractivity (Wildman–Crippen MR) is 76.1 cm³/mol. The van der Waals surface area contributed by atoms with Crippen molar-refractivity contribution < 1.29 is 5.11 Å². The predicted octanol–water partition coefficient (Wildman–Crippen LogP) is 4.30. The number of halogens is 1. The number of hydrogen-bond acceptors (Lipinski definition) is 2. The molecular weight excluding hydrogens is 246 g/mol. The van der Waals surface area contributed by atoms with Gasteiger partial charge in [0.15, 0.2) is 0 Å². The molecule has 2 nitrogen and oxygen atoms in total. The van der Waals surface area contributed by atoms with Gasteiger partial charge in [0.2, 0.25) is 0 Å². The zero-order valence-corrected chi connectivity index (χ0v) is 11.0. The van der Waals surface area contributed by atoms with Gasteiger partial charge < -0.3 is 10.4 Å². The molecule has 18 heavy (non-hydrogen) atoms. The van der Waals surface area contributed by atoms with E-state index in [1.807, 2.05) is 43.3 Å². The first-order valence-corrected chi connectivity index (χ1v) is 6.35. The molecule has 3 heteroatoms. The van der Waals surface area contributed by atoms with Crippen LogP contribution in [0.5, 0.6) is 5.75 Å². The van der Waals surface area contributed by atoms with Crippen LogP contribution >= 0.6 is 11.6 Å². The van der Waals surface area contributed by atoms with E-state index < -0.39 is 0 Å². The molecule has 1 unspecified atom stereocenters. The van der Waals surface area contributed by atoms with Gasteiger partial charge in [0.05, 0.1) is 5.38 Å². The summed E-state index contributed by atoms with van der Waals surface area (Å²) in [6, 6.07) is 15.2. The van der Waals surface area contributed by atoms with Gasteiger partial charge in [0.1, 0.15) is 5.75 Å². The second kappa shape index (κ2) is 5.78. The number of alkyl halides is 1. The standard InChI is InChI=1S/C15H16ClNO/c1-11(16)14-7-2-3-8-15(14)17-10-12-5-4-6-13(18)9-12/h2-9,11,17-18H,10H2,1H3. The Kier molecular flexibility index (Phi) is 4.11. The highest BCUT2D eigenvalue weighted by Crippen LogP contribution is 2.27. The molecule has 0 spiro atoms. The topological polar surface area (TPSA) is 32.3 Å². The minimum atomic E-state index is -0.0297. The molecule has 0 bridgehead atoms. The van der Waals surface area contributed by atoms with Crippen molar-refractivity contribution in [3.8, 4) is 5.75 Å². The van der Waals surface area contributed by atoms with E-state index in [2.05, 4.69) is 5.32 Å². The smallest absolute Gasteiger partial charge is 0.115 e. The fourth-order valence-corrected chi connectivity index (χ4v) is 2.06. The Labute approximate surface area is 112 Å². The molecule has 0 heterocycles. The minimum absolute atomic E-state index is 0.0297. The molecule has 2 N–H and O–H groups in total. The number of aromatic hydroxyl groups is 1. The molecule has 2 aromatic rings. The number of phenols is 1. The number of anilines is 1. The SMILES string of the molecule is CC(Cl)c1ccccc1NCc1cccc(O)c1. The maximum atomic E-state index is 9.40. The third kappa shape index (κ3) is 3.17. The number of para-hydroxylation sites is 1. The summed E-state index contributed by atoms with van der Waals surface area (Å²) in [5.41, 5.74) is 3.15. The number of phenolic OH excluding ortho intramolecular Hbond substituents is 1. The fourth-order valence-electron chi connectivity index (χ4n) is 1.87. The summed E-state index contributed by atoms with van der Waals surface area (Å²) in [6.45, 7) is 2.62. The van der Waals surface area contributed by atoms with Crippen LogP contribution < -0.4 is 5.32 Å². The number of rotatable bonds is 4. The summed E-state index contributed by atoms with van der Waals surface area (Å²) < 4.78 is 0. The average molecular weight is 262 g/mol. The van der Waals surface area contributed by atoms with E-state index in [1.165, 1.54) is 0 Å². The third-order valence-corrected chi connectivity index (χ3v) is 3.02. The largest absolute Gasteiger partial charge is 0.508 e. The number of benzene rings is 2. The first kappa shape index (κ1) is 12.8. The molecule has 0 aromatic heterocycles. The minimum Gasteiger partial charge on any atom is -0.508 e. The quantitative estimate of drug-likeness (QED) is 0.804. The Hall–Kier alpha value is -1.67. The van der Waals surface area contributed by atoms with Gasteiger partial charge in [-0.2, -0.15) is 0 Å². The molecule has 0 fully saturated rings. The molecule has 2 rings (SSSR count). The number of hydrogen-bond donors (Lipinski definition) is 2. The summed E-state index contributed by atoms with van der Waals surface area (Å²) >= 11 is 6.14. The summed E-state index contributed by atoms with van der Waals surface area (Å²) in [6.07, 6.45) is 0. The van der Waals surface area contributed by atoms with Crippen LogP contribution in [0.4, 0.5) is 5.69 Å². The summed E-state index contributed by atoms with van der Waals surface area (Å²) in [5, 5.41) is 12.7. The molecule has 0 amide bonds. The second-order valence-electron chi connectivity index (χ2n) is 4.23. The van der Waals surface area contributed by atoms with Crippen LogP contribution in [0, 0.1) is 0 Å². The van der Waals surface area contributed by atoms with Crippen molar-refractivity contribution in [1.29, 1.82) is 0 Å². The first-order valence-electron chi connectivity index (χ1n) is 5.91. The lowest BCUT2D eigenvalue weighted by Gasteiger charge is -2.13.